The van der Waals surface area contributed by atoms with E-state index in [1.165, 1.54) is 16.8 Å². The minimum absolute atomic E-state index is 0.0536. The summed E-state index contributed by atoms with van der Waals surface area (Å²) in [5, 5.41) is 16.9. The van der Waals surface area contributed by atoms with Gasteiger partial charge in [0.15, 0.2) is 0 Å². The van der Waals surface area contributed by atoms with Crippen molar-refractivity contribution >= 4 is 16.8 Å². The van der Waals surface area contributed by atoms with Crippen LogP contribution in [0.25, 0.3) is 22.0 Å². The second kappa shape index (κ2) is 9.22. The number of benzene rings is 2. The molecular formula is C26H25F3N4O2. The van der Waals surface area contributed by atoms with Gasteiger partial charge in [0.05, 0.1) is 41.4 Å². The predicted octanol–water partition coefficient (Wildman–Crippen LogP) is 4.54. The lowest BCUT2D eigenvalue weighted by Gasteiger charge is -2.28. The van der Waals surface area contributed by atoms with Gasteiger partial charge >= 0.3 is 0 Å². The van der Waals surface area contributed by atoms with Crippen LogP contribution in [0, 0.1) is 17.5 Å². The minimum Gasteiger partial charge on any atom is -0.391 e. The molecule has 35 heavy (non-hydrogen) atoms. The Hall–Kier alpha value is -3.59. The molecule has 4 aromatic rings. The summed E-state index contributed by atoms with van der Waals surface area (Å²) < 4.78 is 47.7. The van der Waals surface area contributed by atoms with Gasteiger partial charge in [0, 0.05) is 30.6 Å². The number of nitrogens with one attached hydrogen (secondary N) is 1. The van der Waals surface area contributed by atoms with Crippen molar-refractivity contribution in [3.8, 4) is 11.1 Å². The zero-order valence-electron chi connectivity index (χ0n) is 19.1. The van der Waals surface area contributed by atoms with Gasteiger partial charge in [-0.2, -0.15) is 5.10 Å². The molecule has 1 aliphatic rings. The van der Waals surface area contributed by atoms with Gasteiger partial charge in [0.25, 0.3) is 5.91 Å². The molecule has 0 saturated heterocycles. The van der Waals surface area contributed by atoms with Gasteiger partial charge < -0.3 is 15.0 Å². The molecular weight excluding hydrogens is 457 g/mol. The molecule has 1 aliphatic carbocycles. The first-order chi connectivity index (χ1) is 16.8. The van der Waals surface area contributed by atoms with Crippen LogP contribution < -0.4 is 5.32 Å². The molecule has 0 spiro atoms. The number of halogens is 3. The van der Waals surface area contributed by atoms with Crippen molar-refractivity contribution in [3.63, 3.8) is 0 Å². The van der Waals surface area contributed by atoms with Crippen molar-refractivity contribution in [2.75, 3.05) is 0 Å². The van der Waals surface area contributed by atoms with Gasteiger partial charge in [-0.1, -0.05) is 25.0 Å². The largest absolute Gasteiger partial charge is 0.391 e. The summed E-state index contributed by atoms with van der Waals surface area (Å²) in [7, 11) is 1.77. The molecule has 0 radical (unpaired) electrons. The quantitative estimate of drug-likeness (QED) is 0.439. The maximum Gasteiger partial charge on any atom is 0.253 e. The fourth-order valence-electron chi connectivity index (χ4n) is 4.79. The Bertz CT molecular complexity index is 1410. The Morgan fingerprint density at radius 3 is 2.54 bits per heavy atom. The molecule has 5 rings (SSSR count). The Balaban J connectivity index is 1.50. The molecule has 0 bridgehead atoms. The number of carbonyl (C=O) groups is 1. The van der Waals surface area contributed by atoms with Gasteiger partial charge in [0.2, 0.25) is 0 Å². The molecule has 1 amide bonds. The zero-order chi connectivity index (χ0) is 24.7. The molecule has 0 unspecified atom stereocenters. The summed E-state index contributed by atoms with van der Waals surface area (Å²) >= 11 is 0. The van der Waals surface area contributed by atoms with Crippen molar-refractivity contribution in [3.05, 3.63) is 77.5 Å². The van der Waals surface area contributed by atoms with Gasteiger partial charge in [-0.25, -0.2) is 13.2 Å². The standard InChI is InChI=1S/C26H25F3N4O2/c1-32-12-17(11-30-32)15-6-7-16(21(29)10-15)13-33-14-18(24-19(27)8-9-20(28)25(24)33)26(35)31-22-4-2-3-5-23(22)34/h6-12,14,22-23,34H,2-5,13H2,1H3,(H,31,35)/t22-,23-/m0/s1. The number of carbonyl (C=O) groups excluding carboxylic acids is 1. The lowest BCUT2D eigenvalue weighted by Crippen LogP contribution is -2.45. The lowest BCUT2D eigenvalue weighted by atomic mass is 9.92. The Morgan fingerprint density at radius 2 is 1.83 bits per heavy atom. The van der Waals surface area contributed by atoms with E-state index in [4.69, 9.17) is 0 Å². The summed E-state index contributed by atoms with van der Waals surface area (Å²) in [5.41, 5.74) is 1.48. The molecule has 6 nitrogen and oxygen atoms in total. The predicted molar refractivity (Wildman–Crippen MR) is 125 cm³/mol. The highest BCUT2D eigenvalue weighted by molar-refractivity contribution is 6.07. The third kappa shape index (κ3) is 4.43. The lowest BCUT2D eigenvalue weighted by molar-refractivity contribution is 0.0718. The third-order valence-electron chi connectivity index (χ3n) is 6.64. The molecule has 9 heteroatoms. The molecule has 1 saturated carbocycles. The number of aromatic nitrogens is 3. The highest BCUT2D eigenvalue weighted by Gasteiger charge is 2.28. The van der Waals surface area contributed by atoms with Crippen LogP contribution in [0.2, 0.25) is 0 Å². The van der Waals surface area contributed by atoms with E-state index in [1.54, 1.807) is 36.3 Å². The van der Waals surface area contributed by atoms with Crippen LogP contribution in [0.15, 0.2) is 48.9 Å². The number of aliphatic hydroxyl groups is 1. The van der Waals surface area contributed by atoms with Gasteiger partial charge in [0.1, 0.15) is 17.5 Å². The number of hydrogen-bond donors (Lipinski definition) is 2. The molecule has 2 aromatic carbocycles. The van der Waals surface area contributed by atoms with Crippen molar-refractivity contribution in [1.82, 2.24) is 19.7 Å². The first kappa shape index (κ1) is 23.2. The van der Waals surface area contributed by atoms with Gasteiger partial charge in [-0.3, -0.25) is 9.48 Å². The normalized spacial score (nSPS) is 18.2. The molecule has 0 aliphatic heterocycles. The number of amides is 1. The second-order valence-corrected chi connectivity index (χ2v) is 9.06. The Labute approximate surface area is 200 Å². The molecule has 2 atom stereocenters. The van der Waals surface area contributed by atoms with Crippen LogP contribution in [0.5, 0.6) is 0 Å². The number of rotatable bonds is 5. The summed E-state index contributed by atoms with van der Waals surface area (Å²) in [6.07, 6.45) is 6.96. The van der Waals surface area contributed by atoms with Crippen LogP contribution in [-0.2, 0) is 13.6 Å². The van der Waals surface area contributed by atoms with Crippen molar-refractivity contribution in [2.45, 2.75) is 44.4 Å². The molecule has 2 heterocycles. The average Bonchev–Trinajstić information content (AvgIpc) is 3.44. The summed E-state index contributed by atoms with van der Waals surface area (Å²) in [6, 6.07) is 6.19. The fourth-order valence-corrected chi connectivity index (χ4v) is 4.79. The maximum atomic E-state index is 15.0. The van der Waals surface area contributed by atoms with Crippen LogP contribution in [-0.4, -0.2) is 37.5 Å². The Kier molecular flexibility index (Phi) is 6.10. The first-order valence-corrected chi connectivity index (χ1v) is 11.5. The van der Waals surface area contributed by atoms with Crippen LogP contribution in [0.4, 0.5) is 13.2 Å². The highest BCUT2D eigenvalue weighted by atomic mass is 19.1. The summed E-state index contributed by atoms with van der Waals surface area (Å²) in [4.78, 5) is 13.1. The van der Waals surface area contributed by atoms with E-state index < -0.39 is 35.5 Å². The first-order valence-electron chi connectivity index (χ1n) is 11.5. The van der Waals surface area contributed by atoms with E-state index in [0.717, 1.165) is 30.5 Å². The molecule has 2 N–H and O–H groups in total. The topological polar surface area (TPSA) is 72.1 Å². The summed E-state index contributed by atoms with van der Waals surface area (Å²) in [6.45, 7) is -0.102. The van der Waals surface area contributed by atoms with E-state index in [9.17, 15) is 18.7 Å². The van der Waals surface area contributed by atoms with Crippen LogP contribution >= 0.6 is 0 Å². The van der Waals surface area contributed by atoms with E-state index >= 15 is 4.39 Å². The third-order valence-corrected chi connectivity index (χ3v) is 6.64. The van der Waals surface area contributed by atoms with Crippen LogP contribution in [0.1, 0.15) is 41.6 Å². The average molecular weight is 483 g/mol. The molecule has 182 valence electrons. The minimum atomic E-state index is -0.748. The SMILES string of the molecule is Cn1cc(-c2ccc(Cn3cc(C(=O)N[C@H]4CCCC[C@@H]4O)c4c(F)ccc(F)c43)c(F)c2)cn1. The van der Waals surface area contributed by atoms with Crippen molar-refractivity contribution in [2.24, 2.45) is 7.05 Å². The number of aryl methyl sites for hydroxylation is 1. The smallest absolute Gasteiger partial charge is 0.253 e. The van der Waals surface area contributed by atoms with Gasteiger partial charge in [-0.05, 0) is 36.6 Å². The number of nitrogens with zero attached hydrogens (tertiary/aromatic N) is 3. The van der Waals surface area contributed by atoms with E-state index in [1.807, 2.05) is 0 Å². The highest BCUT2D eigenvalue weighted by Crippen LogP contribution is 2.30. The van der Waals surface area contributed by atoms with Crippen LogP contribution in [0.3, 0.4) is 0 Å². The van der Waals surface area contributed by atoms with Crippen molar-refractivity contribution < 1.29 is 23.1 Å². The summed E-state index contributed by atoms with van der Waals surface area (Å²) in [5.74, 6) is -2.58. The Morgan fingerprint density at radius 1 is 1.06 bits per heavy atom. The fraction of sp³-hybridized carbons (Fsp3) is 0.308. The number of aliphatic hydroxyl groups excluding tert-OH is 1. The molecule has 1 fully saturated rings. The second-order valence-electron chi connectivity index (χ2n) is 9.06. The monoisotopic (exact) mass is 482 g/mol. The number of hydrogen-bond acceptors (Lipinski definition) is 3. The molecule has 2 aromatic heterocycles. The van der Waals surface area contributed by atoms with E-state index in [-0.39, 0.29) is 28.6 Å². The van der Waals surface area contributed by atoms with Crippen molar-refractivity contribution in [1.29, 1.82) is 0 Å². The van der Waals surface area contributed by atoms with Gasteiger partial charge in [-0.15, -0.1) is 0 Å². The zero-order valence-corrected chi connectivity index (χ0v) is 19.1. The van der Waals surface area contributed by atoms with E-state index in [2.05, 4.69) is 10.4 Å². The maximum absolute atomic E-state index is 15.0. The number of fused-ring (bicyclic) bond motifs is 1. The van der Waals surface area contributed by atoms with E-state index in [0.29, 0.717) is 18.4 Å².